The smallest absolute Gasteiger partial charge is 0.252 e. The molecule has 0 radical (unpaired) electrons. The number of amides is 1. The summed E-state index contributed by atoms with van der Waals surface area (Å²) in [5.74, 6) is 1.01. The Kier molecular flexibility index (Phi) is 4.70. The summed E-state index contributed by atoms with van der Waals surface area (Å²) in [6.45, 7) is 11.2. The number of rotatable bonds is 4. The van der Waals surface area contributed by atoms with Gasteiger partial charge in [-0.05, 0) is 78.5 Å². The number of nitrogens with zero attached hydrogens (tertiary/aromatic N) is 3. The third-order valence-electron chi connectivity index (χ3n) is 5.66. The number of hydrogen-bond donors (Lipinski definition) is 2. The third-order valence-corrected chi connectivity index (χ3v) is 5.66. The quantitative estimate of drug-likeness (QED) is 0.869. The molecule has 1 atom stereocenters. The maximum absolute atomic E-state index is 13.1. The van der Waals surface area contributed by atoms with E-state index < -0.39 is 0 Å². The van der Waals surface area contributed by atoms with Gasteiger partial charge >= 0.3 is 0 Å². The highest BCUT2D eigenvalue weighted by Crippen LogP contribution is 2.41. The monoisotopic (exact) mass is 369 g/mol. The lowest BCUT2D eigenvalue weighted by atomic mass is 9.99. The van der Waals surface area contributed by atoms with Crippen molar-refractivity contribution in [2.45, 2.75) is 64.8 Å². The summed E-state index contributed by atoms with van der Waals surface area (Å²) in [7, 11) is 0. The molecule has 6 nitrogen and oxygen atoms in total. The standard InChI is InChI=1S/C21H31N5O/c1-13-18-16(20(27)23-12-14-6-5-9-22-11-14)10-17(15-7-8-15)24-19(18)26(25-13)21(2,3)4/h10,14-15,22H,5-9,11-12H2,1-4H3,(H,23,27). The van der Waals surface area contributed by atoms with Gasteiger partial charge < -0.3 is 10.6 Å². The summed E-state index contributed by atoms with van der Waals surface area (Å²) in [5.41, 5.74) is 3.31. The fourth-order valence-corrected chi connectivity index (χ4v) is 3.97. The molecule has 0 bridgehead atoms. The average Bonchev–Trinajstić information content (AvgIpc) is 3.43. The molecule has 1 saturated heterocycles. The Bertz CT molecular complexity index is 854. The Labute approximate surface area is 161 Å². The molecular formula is C21H31N5O. The number of nitrogens with one attached hydrogen (secondary N) is 2. The van der Waals surface area contributed by atoms with Crippen LogP contribution < -0.4 is 10.6 Å². The van der Waals surface area contributed by atoms with Crippen molar-refractivity contribution in [3.63, 3.8) is 0 Å². The van der Waals surface area contributed by atoms with Crippen molar-refractivity contribution < 1.29 is 4.79 Å². The minimum absolute atomic E-state index is 0.00596. The molecule has 2 N–H and O–H groups in total. The minimum Gasteiger partial charge on any atom is -0.352 e. The molecule has 2 fully saturated rings. The predicted molar refractivity (Wildman–Crippen MR) is 107 cm³/mol. The molecule has 27 heavy (non-hydrogen) atoms. The lowest BCUT2D eigenvalue weighted by Gasteiger charge is -2.23. The molecule has 1 aliphatic carbocycles. The van der Waals surface area contributed by atoms with E-state index in [2.05, 4.69) is 31.4 Å². The van der Waals surface area contributed by atoms with Gasteiger partial charge in [0.1, 0.15) is 0 Å². The number of piperidine rings is 1. The summed E-state index contributed by atoms with van der Waals surface area (Å²) < 4.78 is 1.98. The SMILES string of the molecule is Cc1nn(C(C)(C)C)c2nc(C3CC3)cc(C(=O)NCC3CCCNC3)c12. The molecule has 1 aliphatic heterocycles. The average molecular weight is 370 g/mol. The van der Waals surface area contributed by atoms with E-state index in [1.54, 1.807) is 0 Å². The highest BCUT2D eigenvalue weighted by molar-refractivity contribution is 6.06. The Morgan fingerprint density at radius 2 is 2.11 bits per heavy atom. The number of aryl methyl sites for hydroxylation is 1. The zero-order valence-corrected chi connectivity index (χ0v) is 16.9. The van der Waals surface area contributed by atoms with Gasteiger partial charge in [0.15, 0.2) is 5.65 Å². The first kappa shape index (κ1) is 18.4. The fraction of sp³-hybridized carbons (Fsp3) is 0.667. The van der Waals surface area contributed by atoms with Crippen molar-refractivity contribution in [3.8, 4) is 0 Å². The molecule has 2 aliphatic rings. The van der Waals surface area contributed by atoms with Crippen molar-refractivity contribution in [2.75, 3.05) is 19.6 Å². The lowest BCUT2D eigenvalue weighted by Crippen LogP contribution is -2.38. The molecule has 2 aromatic rings. The van der Waals surface area contributed by atoms with E-state index in [9.17, 15) is 4.79 Å². The summed E-state index contributed by atoms with van der Waals surface area (Å²) in [6.07, 6.45) is 4.68. The summed E-state index contributed by atoms with van der Waals surface area (Å²) in [4.78, 5) is 18.0. The predicted octanol–water partition coefficient (Wildman–Crippen LogP) is 3.10. The number of carbonyl (C=O) groups excluding carboxylic acids is 1. The fourth-order valence-electron chi connectivity index (χ4n) is 3.97. The topological polar surface area (TPSA) is 71.8 Å². The molecule has 0 aromatic carbocycles. The molecule has 4 rings (SSSR count). The van der Waals surface area contributed by atoms with Gasteiger partial charge in [-0.2, -0.15) is 5.10 Å². The van der Waals surface area contributed by atoms with E-state index in [1.807, 2.05) is 17.7 Å². The van der Waals surface area contributed by atoms with Crippen LogP contribution in [0.1, 0.15) is 74.1 Å². The molecule has 6 heteroatoms. The Morgan fingerprint density at radius 3 is 2.74 bits per heavy atom. The largest absolute Gasteiger partial charge is 0.352 e. The number of aromatic nitrogens is 3. The van der Waals surface area contributed by atoms with E-state index in [0.29, 0.717) is 11.8 Å². The zero-order valence-electron chi connectivity index (χ0n) is 16.9. The number of pyridine rings is 1. The first-order valence-corrected chi connectivity index (χ1v) is 10.2. The van der Waals surface area contributed by atoms with Gasteiger partial charge in [-0.3, -0.25) is 4.79 Å². The number of fused-ring (bicyclic) bond motifs is 1. The van der Waals surface area contributed by atoms with E-state index >= 15 is 0 Å². The molecule has 1 amide bonds. The van der Waals surface area contributed by atoms with Crippen LogP contribution in [0.2, 0.25) is 0 Å². The van der Waals surface area contributed by atoms with Gasteiger partial charge in [0.2, 0.25) is 0 Å². The maximum Gasteiger partial charge on any atom is 0.252 e. The molecule has 2 aromatic heterocycles. The Balaban J connectivity index is 1.70. The zero-order chi connectivity index (χ0) is 19.2. The van der Waals surface area contributed by atoms with Gasteiger partial charge in [0.05, 0.1) is 22.2 Å². The minimum atomic E-state index is -0.177. The van der Waals surface area contributed by atoms with Crippen LogP contribution in [0.25, 0.3) is 11.0 Å². The summed E-state index contributed by atoms with van der Waals surface area (Å²) in [6, 6.07) is 2.01. The van der Waals surface area contributed by atoms with Gasteiger partial charge in [-0.15, -0.1) is 0 Å². The van der Waals surface area contributed by atoms with Crippen LogP contribution in [-0.4, -0.2) is 40.3 Å². The van der Waals surface area contributed by atoms with Crippen molar-refractivity contribution in [1.29, 1.82) is 0 Å². The first-order valence-electron chi connectivity index (χ1n) is 10.2. The van der Waals surface area contributed by atoms with E-state index in [-0.39, 0.29) is 11.4 Å². The summed E-state index contributed by atoms with van der Waals surface area (Å²) in [5, 5.41) is 12.2. The van der Waals surface area contributed by atoms with E-state index in [0.717, 1.165) is 60.5 Å². The van der Waals surface area contributed by atoms with Crippen LogP contribution in [0.3, 0.4) is 0 Å². The van der Waals surface area contributed by atoms with E-state index in [4.69, 9.17) is 10.1 Å². The second-order valence-corrected chi connectivity index (χ2v) is 9.16. The molecule has 1 saturated carbocycles. The second-order valence-electron chi connectivity index (χ2n) is 9.16. The van der Waals surface area contributed by atoms with Crippen molar-refractivity contribution >= 4 is 16.9 Å². The highest BCUT2D eigenvalue weighted by Gasteiger charge is 2.30. The number of carbonyl (C=O) groups is 1. The van der Waals surface area contributed by atoms with Crippen LogP contribution >= 0.6 is 0 Å². The van der Waals surface area contributed by atoms with Crippen LogP contribution in [0, 0.1) is 12.8 Å². The van der Waals surface area contributed by atoms with Gasteiger partial charge in [-0.1, -0.05) is 0 Å². The van der Waals surface area contributed by atoms with Crippen molar-refractivity contribution in [1.82, 2.24) is 25.4 Å². The van der Waals surface area contributed by atoms with Crippen LogP contribution in [0.5, 0.6) is 0 Å². The molecule has 3 heterocycles. The molecule has 0 spiro atoms. The third kappa shape index (κ3) is 3.72. The van der Waals surface area contributed by atoms with Gasteiger partial charge in [0.25, 0.3) is 5.91 Å². The Morgan fingerprint density at radius 1 is 1.33 bits per heavy atom. The van der Waals surface area contributed by atoms with Crippen molar-refractivity contribution in [3.05, 3.63) is 23.0 Å². The molecule has 146 valence electrons. The van der Waals surface area contributed by atoms with Crippen LogP contribution in [0.4, 0.5) is 0 Å². The van der Waals surface area contributed by atoms with Crippen molar-refractivity contribution in [2.24, 2.45) is 5.92 Å². The molecular weight excluding hydrogens is 338 g/mol. The summed E-state index contributed by atoms with van der Waals surface area (Å²) >= 11 is 0. The normalized spacial score (nSPS) is 20.8. The van der Waals surface area contributed by atoms with Crippen LogP contribution in [-0.2, 0) is 5.54 Å². The van der Waals surface area contributed by atoms with Gasteiger partial charge in [0, 0.05) is 18.2 Å². The second kappa shape index (κ2) is 6.89. The maximum atomic E-state index is 13.1. The lowest BCUT2D eigenvalue weighted by molar-refractivity contribution is 0.0946. The van der Waals surface area contributed by atoms with Gasteiger partial charge in [-0.25, -0.2) is 9.67 Å². The first-order chi connectivity index (χ1) is 12.8. The highest BCUT2D eigenvalue weighted by atomic mass is 16.1. The van der Waals surface area contributed by atoms with E-state index in [1.165, 1.54) is 12.8 Å². The molecule has 1 unspecified atom stereocenters. The number of hydrogen-bond acceptors (Lipinski definition) is 4. The van der Waals surface area contributed by atoms with Crippen LogP contribution in [0.15, 0.2) is 6.07 Å². The Hall–Kier alpha value is -1.95.